The zero-order valence-electron chi connectivity index (χ0n) is 26.3. The molecule has 0 aliphatic heterocycles. The number of ether oxygens (including phenoxy) is 2. The van der Waals surface area contributed by atoms with Crippen LogP contribution in [0.4, 0.5) is 19.4 Å². The van der Waals surface area contributed by atoms with Crippen molar-refractivity contribution >= 4 is 28.8 Å². The number of halogens is 2. The summed E-state index contributed by atoms with van der Waals surface area (Å²) >= 11 is 0. The molecule has 0 bridgehead atoms. The molecule has 1 aliphatic carbocycles. The molecule has 246 valence electrons. The molecule has 4 rings (SSSR count). The molecule has 0 unspecified atom stereocenters. The molecule has 14 heteroatoms. The summed E-state index contributed by atoms with van der Waals surface area (Å²) in [4.78, 5) is 44.4. The zero-order chi connectivity index (χ0) is 32.2. The molecule has 3 amide bonds. The van der Waals surface area contributed by atoms with Gasteiger partial charge in [-0.05, 0) is 57.9 Å². The SMILES string of the molecule is CCOCCOCCCCCN(CC(=O)N(C)C)C(=O)N[C@@H]1CCC[C@H](Nc2nc(-c3c[nH]c4ncc(F)cc34)ncc2F)C1. The Labute approximate surface area is 262 Å². The van der Waals surface area contributed by atoms with Gasteiger partial charge in [0.2, 0.25) is 5.91 Å². The number of fused-ring (bicyclic) bond motifs is 1. The van der Waals surface area contributed by atoms with Crippen LogP contribution in [-0.2, 0) is 14.3 Å². The molecule has 1 saturated carbocycles. The van der Waals surface area contributed by atoms with Gasteiger partial charge in [-0.25, -0.2) is 28.5 Å². The Morgan fingerprint density at radius 2 is 1.84 bits per heavy atom. The van der Waals surface area contributed by atoms with Crippen molar-refractivity contribution in [3.05, 3.63) is 36.3 Å². The Kier molecular flexibility index (Phi) is 12.8. The first kappa shape index (κ1) is 34.0. The van der Waals surface area contributed by atoms with E-state index < -0.39 is 11.6 Å². The van der Waals surface area contributed by atoms with Gasteiger partial charge in [0.05, 0.1) is 25.6 Å². The van der Waals surface area contributed by atoms with Crippen molar-refractivity contribution in [1.82, 2.24) is 35.1 Å². The van der Waals surface area contributed by atoms with E-state index in [2.05, 4.69) is 30.6 Å². The third kappa shape index (κ3) is 10.0. The Bertz CT molecular complexity index is 1410. The number of hydrogen-bond donors (Lipinski definition) is 3. The first-order chi connectivity index (χ1) is 21.7. The number of carbonyl (C=O) groups is 2. The Morgan fingerprint density at radius 1 is 1.04 bits per heavy atom. The Hall–Kier alpha value is -3.91. The average Bonchev–Trinajstić information content (AvgIpc) is 3.43. The molecule has 3 N–H and O–H groups in total. The highest BCUT2D eigenvalue weighted by atomic mass is 19.1. The van der Waals surface area contributed by atoms with Gasteiger partial charge in [-0.1, -0.05) is 0 Å². The molecule has 0 aromatic carbocycles. The number of urea groups is 1. The summed E-state index contributed by atoms with van der Waals surface area (Å²) in [5, 5.41) is 6.78. The van der Waals surface area contributed by atoms with E-state index in [1.165, 1.54) is 11.0 Å². The predicted molar refractivity (Wildman–Crippen MR) is 167 cm³/mol. The van der Waals surface area contributed by atoms with Gasteiger partial charge in [0.15, 0.2) is 17.5 Å². The van der Waals surface area contributed by atoms with Crippen LogP contribution in [0, 0.1) is 11.6 Å². The maximum Gasteiger partial charge on any atom is 0.318 e. The van der Waals surface area contributed by atoms with Gasteiger partial charge < -0.3 is 34.9 Å². The number of unbranched alkanes of at least 4 members (excludes halogenated alkanes) is 2. The van der Waals surface area contributed by atoms with Gasteiger partial charge in [0.1, 0.15) is 18.0 Å². The number of carbonyl (C=O) groups excluding carboxylic acids is 2. The minimum absolute atomic E-state index is 0.0136. The van der Waals surface area contributed by atoms with Gasteiger partial charge >= 0.3 is 6.03 Å². The minimum Gasteiger partial charge on any atom is -0.379 e. The maximum absolute atomic E-state index is 14.8. The summed E-state index contributed by atoms with van der Waals surface area (Å²) in [6.07, 6.45) is 9.18. The van der Waals surface area contributed by atoms with Crippen LogP contribution in [0.25, 0.3) is 22.4 Å². The molecule has 3 aromatic heterocycles. The molecule has 0 saturated heterocycles. The summed E-state index contributed by atoms with van der Waals surface area (Å²) in [5.74, 6) is -0.992. The molecule has 3 aromatic rings. The normalized spacial score (nSPS) is 16.5. The van der Waals surface area contributed by atoms with Crippen LogP contribution in [0.2, 0.25) is 0 Å². The first-order valence-corrected chi connectivity index (χ1v) is 15.6. The highest BCUT2D eigenvalue weighted by Gasteiger charge is 2.27. The number of pyridine rings is 1. The van der Waals surface area contributed by atoms with Gasteiger partial charge in [-0.2, -0.15) is 0 Å². The lowest BCUT2D eigenvalue weighted by Crippen LogP contribution is -2.50. The van der Waals surface area contributed by atoms with Crippen molar-refractivity contribution in [3.8, 4) is 11.4 Å². The van der Waals surface area contributed by atoms with Crippen LogP contribution < -0.4 is 10.6 Å². The molecule has 45 heavy (non-hydrogen) atoms. The summed E-state index contributed by atoms with van der Waals surface area (Å²) in [6.45, 7) is 4.81. The van der Waals surface area contributed by atoms with Crippen molar-refractivity contribution in [1.29, 1.82) is 0 Å². The molecule has 0 radical (unpaired) electrons. The van der Waals surface area contributed by atoms with E-state index in [1.54, 1.807) is 25.2 Å². The number of aromatic amines is 1. The standard InChI is InChI=1S/C31H44F2N8O4/c1-4-44-13-14-45-12-7-5-6-11-41(20-27(42)40(2)3)31(43)38-23-10-8-9-22(16-23)37-30-26(33)19-36-29(39-30)25-18-35-28-24(25)15-21(32)17-34-28/h15,17-19,22-23H,4-14,16,20H2,1-3H3,(H,34,35)(H,38,43)(H,36,37,39)/t22-,23+/m0/s1. The fourth-order valence-electron chi connectivity index (χ4n) is 5.28. The molecule has 2 atom stereocenters. The second-order valence-corrected chi connectivity index (χ2v) is 11.4. The van der Waals surface area contributed by atoms with Crippen molar-refractivity contribution in [2.75, 3.05) is 58.9 Å². The van der Waals surface area contributed by atoms with E-state index in [1.807, 2.05) is 6.92 Å². The summed E-state index contributed by atoms with van der Waals surface area (Å²) in [5.41, 5.74) is 0.985. The molecule has 0 spiro atoms. The van der Waals surface area contributed by atoms with Gasteiger partial charge in [0.25, 0.3) is 0 Å². The molecule has 3 heterocycles. The summed E-state index contributed by atoms with van der Waals surface area (Å²) in [7, 11) is 3.33. The number of aromatic nitrogens is 4. The molecular weight excluding hydrogens is 586 g/mol. The van der Waals surface area contributed by atoms with Crippen LogP contribution in [0.5, 0.6) is 0 Å². The number of nitrogens with one attached hydrogen (secondary N) is 3. The Morgan fingerprint density at radius 3 is 2.64 bits per heavy atom. The van der Waals surface area contributed by atoms with Gasteiger partial charge in [0, 0.05) is 63.1 Å². The van der Waals surface area contributed by atoms with Crippen molar-refractivity contribution < 1.29 is 27.8 Å². The van der Waals surface area contributed by atoms with E-state index in [-0.39, 0.29) is 42.2 Å². The number of likely N-dealkylation sites (N-methyl/N-ethyl adjacent to an activating group) is 1. The second kappa shape index (κ2) is 17.0. The lowest BCUT2D eigenvalue weighted by molar-refractivity contribution is -0.129. The molecule has 1 fully saturated rings. The van der Waals surface area contributed by atoms with Crippen LogP contribution in [0.15, 0.2) is 24.7 Å². The fourth-order valence-corrected chi connectivity index (χ4v) is 5.28. The molecule has 1 aliphatic rings. The van der Waals surface area contributed by atoms with Crippen LogP contribution >= 0.6 is 0 Å². The van der Waals surface area contributed by atoms with Gasteiger partial charge in [-0.15, -0.1) is 0 Å². The number of amides is 3. The molecule has 12 nitrogen and oxygen atoms in total. The third-order valence-electron chi connectivity index (χ3n) is 7.73. The topological polar surface area (TPSA) is 138 Å². The number of rotatable bonds is 16. The maximum atomic E-state index is 14.8. The minimum atomic E-state index is -0.609. The van der Waals surface area contributed by atoms with Crippen LogP contribution in [-0.4, -0.2) is 107 Å². The van der Waals surface area contributed by atoms with Crippen molar-refractivity contribution in [2.45, 2.75) is 64.0 Å². The van der Waals surface area contributed by atoms with Crippen molar-refractivity contribution in [3.63, 3.8) is 0 Å². The second-order valence-electron chi connectivity index (χ2n) is 11.4. The number of hydrogen-bond acceptors (Lipinski definition) is 8. The zero-order valence-corrected chi connectivity index (χ0v) is 26.3. The molecular formula is C31H44F2N8O4. The average molecular weight is 631 g/mol. The van der Waals surface area contributed by atoms with Crippen LogP contribution in [0.1, 0.15) is 51.9 Å². The highest BCUT2D eigenvalue weighted by molar-refractivity contribution is 5.91. The third-order valence-corrected chi connectivity index (χ3v) is 7.73. The quantitative estimate of drug-likeness (QED) is 0.199. The monoisotopic (exact) mass is 630 g/mol. The van der Waals surface area contributed by atoms with E-state index in [4.69, 9.17) is 9.47 Å². The largest absolute Gasteiger partial charge is 0.379 e. The van der Waals surface area contributed by atoms with E-state index in [0.717, 1.165) is 50.9 Å². The first-order valence-electron chi connectivity index (χ1n) is 15.6. The van der Waals surface area contributed by atoms with Gasteiger partial charge in [-0.3, -0.25) is 4.79 Å². The number of anilines is 1. The predicted octanol–water partition coefficient (Wildman–Crippen LogP) is 4.34. The van der Waals surface area contributed by atoms with E-state index >= 15 is 0 Å². The summed E-state index contributed by atoms with van der Waals surface area (Å²) < 4.78 is 39.5. The smallest absolute Gasteiger partial charge is 0.318 e. The highest BCUT2D eigenvalue weighted by Crippen LogP contribution is 2.28. The fraction of sp³-hybridized carbons (Fsp3) is 0.581. The summed E-state index contributed by atoms with van der Waals surface area (Å²) in [6, 6.07) is 0.728. The Balaban J connectivity index is 1.32. The lowest BCUT2D eigenvalue weighted by atomic mass is 9.91. The lowest BCUT2D eigenvalue weighted by Gasteiger charge is -2.33. The number of H-pyrrole nitrogens is 1. The van der Waals surface area contributed by atoms with Crippen LogP contribution in [0.3, 0.4) is 0 Å². The number of nitrogens with zero attached hydrogens (tertiary/aromatic N) is 5. The van der Waals surface area contributed by atoms with Crippen molar-refractivity contribution in [2.24, 2.45) is 0 Å². The van der Waals surface area contributed by atoms with E-state index in [9.17, 15) is 18.4 Å². The van der Waals surface area contributed by atoms with E-state index in [0.29, 0.717) is 56.0 Å².